The van der Waals surface area contributed by atoms with E-state index in [0.29, 0.717) is 28.7 Å². The summed E-state index contributed by atoms with van der Waals surface area (Å²) >= 11 is 0. The van der Waals surface area contributed by atoms with E-state index in [1.807, 2.05) is 0 Å². The number of ether oxygens (including phenoxy) is 2. The third kappa shape index (κ3) is 3.61. The topological polar surface area (TPSA) is 90.0 Å². The zero-order valence-corrected chi connectivity index (χ0v) is 13.7. The van der Waals surface area contributed by atoms with Crippen LogP contribution >= 0.6 is 0 Å². The average Bonchev–Trinajstić information content (AvgIpc) is 2.92. The number of benzene rings is 2. The molecule has 1 aliphatic rings. The summed E-state index contributed by atoms with van der Waals surface area (Å²) in [5, 5.41) is 0. The molecule has 0 N–H and O–H groups in total. The van der Waals surface area contributed by atoms with Gasteiger partial charge in [0.05, 0.1) is 17.7 Å². The summed E-state index contributed by atoms with van der Waals surface area (Å²) in [6.07, 6.45) is 0.706. The van der Waals surface area contributed by atoms with Crippen molar-refractivity contribution in [2.24, 2.45) is 0 Å². The summed E-state index contributed by atoms with van der Waals surface area (Å²) < 4.78 is 10.2. The highest BCUT2D eigenvalue weighted by Crippen LogP contribution is 2.21. The van der Waals surface area contributed by atoms with E-state index in [1.54, 1.807) is 48.5 Å². The molecular formula is C19H15NO6. The van der Waals surface area contributed by atoms with Gasteiger partial charge in [0, 0.05) is 5.56 Å². The number of carbonyl (C=O) groups is 4. The molecule has 0 atom stereocenters. The summed E-state index contributed by atoms with van der Waals surface area (Å²) in [6, 6.07) is 12.8. The maximum absolute atomic E-state index is 12.2. The third-order valence-corrected chi connectivity index (χ3v) is 3.83. The molecule has 0 unspecified atom stereocenters. The van der Waals surface area contributed by atoms with Crippen LogP contribution in [-0.2, 0) is 9.53 Å². The largest absolute Gasteiger partial charge is 0.482 e. The van der Waals surface area contributed by atoms with Crippen molar-refractivity contribution < 1.29 is 28.7 Å². The normalized spacial score (nSPS) is 12.7. The van der Waals surface area contributed by atoms with Crippen LogP contribution in [0.5, 0.6) is 5.75 Å². The molecule has 2 aromatic rings. The lowest BCUT2D eigenvalue weighted by molar-refractivity contribution is -0.146. The quantitative estimate of drug-likeness (QED) is 0.428. The molecule has 0 radical (unpaired) electrons. The second kappa shape index (κ2) is 7.60. The molecule has 7 heteroatoms. The summed E-state index contributed by atoms with van der Waals surface area (Å²) in [5.41, 5.74) is 1.21. The predicted octanol–water partition coefficient (Wildman–Crippen LogP) is 1.72. The Morgan fingerprint density at radius 3 is 2.15 bits per heavy atom. The van der Waals surface area contributed by atoms with Crippen molar-refractivity contribution >= 4 is 24.1 Å². The molecule has 0 aromatic heterocycles. The van der Waals surface area contributed by atoms with Crippen molar-refractivity contribution in [3.05, 3.63) is 65.2 Å². The van der Waals surface area contributed by atoms with Gasteiger partial charge in [0.1, 0.15) is 18.6 Å². The van der Waals surface area contributed by atoms with Gasteiger partial charge in [0.25, 0.3) is 11.8 Å². The van der Waals surface area contributed by atoms with Crippen molar-refractivity contribution in [1.82, 2.24) is 4.90 Å². The number of fused-ring (bicyclic) bond motifs is 1. The fourth-order valence-electron chi connectivity index (χ4n) is 2.52. The van der Waals surface area contributed by atoms with Crippen LogP contribution in [0.2, 0.25) is 0 Å². The first-order chi connectivity index (χ1) is 12.6. The lowest BCUT2D eigenvalue weighted by Crippen LogP contribution is -2.33. The van der Waals surface area contributed by atoms with Gasteiger partial charge in [-0.05, 0) is 36.4 Å². The maximum Gasteiger partial charge on any atom is 0.344 e. The van der Waals surface area contributed by atoms with Gasteiger partial charge in [0.2, 0.25) is 0 Å². The number of imide groups is 1. The minimum atomic E-state index is -0.624. The molecule has 0 bridgehead atoms. The predicted molar refractivity (Wildman–Crippen MR) is 90.1 cm³/mol. The summed E-state index contributed by atoms with van der Waals surface area (Å²) in [4.78, 5) is 47.6. The number of amides is 2. The Balaban J connectivity index is 1.45. The number of aldehydes is 1. The Bertz CT molecular complexity index is 824. The molecule has 26 heavy (non-hydrogen) atoms. The monoisotopic (exact) mass is 353 g/mol. The van der Waals surface area contributed by atoms with Crippen LogP contribution in [-0.4, -0.2) is 48.7 Å². The maximum atomic E-state index is 12.2. The van der Waals surface area contributed by atoms with E-state index in [4.69, 9.17) is 9.47 Å². The molecule has 2 amide bonds. The molecule has 0 saturated heterocycles. The minimum absolute atomic E-state index is 0.0217. The average molecular weight is 353 g/mol. The second-order valence-corrected chi connectivity index (χ2v) is 5.50. The van der Waals surface area contributed by atoms with Gasteiger partial charge in [-0.25, -0.2) is 4.79 Å². The number of hydrogen-bond acceptors (Lipinski definition) is 6. The van der Waals surface area contributed by atoms with Crippen molar-refractivity contribution in [2.45, 2.75) is 0 Å². The van der Waals surface area contributed by atoms with Crippen molar-refractivity contribution in [3.63, 3.8) is 0 Å². The van der Waals surface area contributed by atoms with Crippen molar-refractivity contribution in [3.8, 4) is 5.75 Å². The van der Waals surface area contributed by atoms with Crippen LogP contribution in [0.3, 0.4) is 0 Å². The Morgan fingerprint density at radius 1 is 0.962 bits per heavy atom. The smallest absolute Gasteiger partial charge is 0.344 e. The first-order valence-corrected chi connectivity index (χ1v) is 7.89. The van der Waals surface area contributed by atoms with Gasteiger partial charge in [-0.3, -0.25) is 19.3 Å². The second-order valence-electron chi connectivity index (χ2n) is 5.50. The molecule has 7 nitrogen and oxygen atoms in total. The van der Waals surface area contributed by atoms with E-state index >= 15 is 0 Å². The summed E-state index contributed by atoms with van der Waals surface area (Å²) in [7, 11) is 0. The third-order valence-electron chi connectivity index (χ3n) is 3.83. The van der Waals surface area contributed by atoms with Gasteiger partial charge in [-0.2, -0.15) is 0 Å². The molecule has 0 saturated carbocycles. The summed E-state index contributed by atoms with van der Waals surface area (Å²) in [6.45, 7) is -0.452. The first-order valence-electron chi connectivity index (χ1n) is 7.89. The van der Waals surface area contributed by atoms with Crippen molar-refractivity contribution in [1.29, 1.82) is 0 Å². The van der Waals surface area contributed by atoms with Crippen LogP contribution in [0.25, 0.3) is 0 Å². The highest BCUT2D eigenvalue weighted by atomic mass is 16.6. The zero-order chi connectivity index (χ0) is 18.5. The van der Waals surface area contributed by atoms with Gasteiger partial charge < -0.3 is 9.47 Å². The van der Waals surface area contributed by atoms with E-state index in [2.05, 4.69) is 0 Å². The lowest BCUT2D eigenvalue weighted by Gasteiger charge is -2.14. The van der Waals surface area contributed by atoms with E-state index < -0.39 is 17.8 Å². The Hall–Kier alpha value is -3.48. The van der Waals surface area contributed by atoms with E-state index in [-0.39, 0.29) is 19.8 Å². The molecule has 1 aliphatic heterocycles. The number of esters is 1. The lowest BCUT2D eigenvalue weighted by atomic mass is 10.1. The number of nitrogens with zero attached hydrogens (tertiary/aromatic N) is 1. The van der Waals surface area contributed by atoms with Gasteiger partial charge in [0.15, 0.2) is 6.61 Å². The van der Waals surface area contributed by atoms with Crippen LogP contribution in [0, 0.1) is 0 Å². The van der Waals surface area contributed by atoms with Gasteiger partial charge in [-0.15, -0.1) is 0 Å². The number of hydrogen-bond donors (Lipinski definition) is 0. The Labute approximate surface area is 149 Å². The SMILES string of the molecule is O=Cc1ccc(OCC(=O)OCCN2C(=O)c3ccccc3C2=O)cc1. The van der Waals surface area contributed by atoms with Gasteiger partial charge in [-0.1, -0.05) is 12.1 Å². The molecular weight excluding hydrogens is 338 g/mol. The molecule has 3 rings (SSSR count). The van der Waals surface area contributed by atoms with Crippen LogP contribution in [0.15, 0.2) is 48.5 Å². The van der Waals surface area contributed by atoms with Crippen LogP contribution in [0.1, 0.15) is 31.1 Å². The Morgan fingerprint density at radius 2 is 1.58 bits per heavy atom. The standard InChI is InChI=1S/C19H15NO6/c21-11-13-5-7-14(8-6-13)26-12-17(22)25-10-9-20-18(23)15-3-1-2-4-16(15)19(20)24/h1-8,11H,9-10,12H2. The fraction of sp³-hybridized carbons (Fsp3) is 0.158. The number of carbonyl (C=O) groups excluding carboxylic acids is 4. The minimum Gasteiger partial charge on any atom is -0.482 e. The van der Waals surface area contributed by atoms with Gasteiger partial charge >= 0.3 is 5.97 Å². The fourth-order valence-corrected chi connectivity index (χ4v) is 2.52. The van der Waals surface area contributed by atoms with E-state index in [1.165, 1.54) is 0 Å². The van der Waals surface area contributed by atoms with E-state index in [9.17, 15) is 19.2 Å². The highest BCUT2D eigenvalue weighted by Gasteiger charge is 2.34. The molecule has 132 valence electrons. The molecule has 0 aliphatic carbocycles. The van der Waals surface area contributed by atoms with Crippen LogP contribution < -0.4 is 4.74 Å². The van der Waals surface area contributed by atoms with E-state index in [0.717, 1.165) is 4.90 Å². The highest BCUT2D eigenvalue weighted by molar-refractivity contribution is 6.21. The summed E-state index contributed by atoms with van der Waals surface area (Å²) in [5.74, 6) is -0.990. The van der Waals surface area contributed by atoms with Crippen molar-refractivity contribution in [2.75, 3.05) is 19.8 Å². The first kappa shape index (κ1) is 17.3. The number of rotatable bonds is 7. The van der Waals surface area contributed by atoms with Crippen LogP contribution in [0.4, 0.5) is 0 Å². The molecule has 0 spiro atoms. The molecule has 1 heterocycles. The molecule has 2 aromatic carbocycles. The molecule has 0 fully saturated rings. The Kier molecular flexibility index (Phi) is 5.07. The zero-order valence-electron chi connectivity index (χ0n) is 13.7.